The first-order valence-electron chi connectivity index (χ1n) is 8.06. The van der Waals surface area contributed by atoms with Crippen molar-refractivity contribution in [3.8, 4) is 0 Å². The fourth-order valence-electron chi connectivity index (χ4n) is 2.41. The summed E-state index contributed by atoms with van der Waals surface area (Å²) >= 11 is 0. The smallest absolute Gasteiger partial charge is 0.340 e. The Morgan fingerprint density at radius 3 is 2.58 bits per heavy atom. The van der Waals surface area contributed by atoms with Gasteiger partial charge < -0.3 is 14.4 Å². The largest absolute Gasteiger partial charge is 0.462 e. The molecule has 1 fully saturated rings. The van der Waals surface area contributed by atoms with Crippen molar-refractivity contribution in [3.63, 3.8) is 0 Å². The molecule has 0 radical (unpaired) electrons. The number of hydrogen-bond acceptors (Lipinski definition) is 6. The van der Waals surface area contributed by atoms with Crippen molar-refractivity contribution in [2.75, 3.05) is 37.8 Å². The van der Waals surface area contributed by atoms with Crippen LogP contribution in [0, 0.1) is 15.5 Å². The van der Waals surface area contributed by atoms with E-state index in [9.17, 15) is 14.9 Å². The SMILES string of the molecule is CC(C)(C)CCOC(=O)c1cc([N+](=O)[O-])ccc1N1CCOCC1. The highest BCUT2D eigenvalue weighted by Crippen LogP contribution is 2.27. The summed E-state index contributed by atoms with van der Waals surface area (Å²) in [5.74, 6) is -0.524. The van der Waals surface area contributed by atoms with Crippen LogP contribution in [0.15, 0.2) is 18.2 Å². The van der Waals surface area contributed by atoms with Crippen molar-refractivity contribution in [3.05, 3.63) is 33.9 Å². The van der Waals surface area contributed by atoms with Crippen molar-refractivity contribution in [1.29, 1.82) is 0 Å². The Labute approximate surface area is 141 Å². The van der Waals surface area contributed by atoms with Crippen LogP contribution >= 0.6 is 0 Å². The van der Waals surface area contributed by atoms with E-state index in [2.05, 4.69) is 20.8 Å². The van der Waals surface area contributed by atoms with Gasteiger partial charge in [0.05, 0.1) is 36.0 Å². The third kappa shape index (κ3) is 4.92. The normalized spacial score (nSPS) is 15.2. The van der Waals surface area contributed by atoms with Gasteiger partial charge in [0, 0.05) is 25.2 Å². The number of ether oxygens (including phenoxy) is 2. The topological polar surface area (TPSA) is 81.9 Å². The summed E-state index contributed by atoms with van der Waals surface area (Å²) in [4.78, 5) is 25.0. The molecule has 24 heavy (non-hydrogen) atoms. The number of hydrogen-bond donors (Lipinski definition) is 0. The van der Waals surface area contributed by atoms with Gasteiger partial charge in [-0.05, 0) is 17.9 Å². The van der Waals surface area contributed by atoms with Crippen LogP contribution in [0.5, 0.6) is 0 Å². The van der Waals surface area contributed by atoms with E-state index in [0.29, 0.717) is 32.0 Å². The Kier molecular flexibility index (Phi) is 5.77. The predicted molar refractivity (Wildman–Crippen MR) is 90.5 cm³/mol. The van der Waals surface area contributed by atoms with E-state index < -0.39 is 10.9 Å². The Hall–Kier alpha value is -2.15. The Morgan fingerprint density at radius 2 is 2.00 bits per heavy atom. The van der Waals surface area contributed by atoms with Crippen LogP contribution in [0.3, 0.4) is 0 Å². The van der Waals surface area contributed by atoms with Crippen molar-refractivity contribution >= 4 is 17.3 Å². The minimum absolute atomic E-state index is 0.0516. The molecule has 2 rings (SSSR count). The lowest BCUT2D eigenvalue weighted by Crippen LogP contribution is -2.37. The minimum atomic E-state index is -0.524. The van der Waals surface area contributed by atoms with E-state index >= 15 is 0 Å². The van der Waals surface area contributed by atoms with Crippen LogP contribution in [0.25, 0.3) is 0 Å². The van der Waals surface area contributed by atoms with Gasteiger partial charge in [-0.2, -0.15) is 0 Å². The number of nitro groups is 1. The summed E-state index contributed by atoms with van der Waals surface area (Å²) in [6.07, 6.45) is 0.723. The van der Waals surface area contributed by atoms with Gasteiger partial charge in [0.25, 0.3) is 5.69 Å². The molecule has 1 saturated heterocycles. The van der Waals surface area contributed by atoms with E-state index in [1.165, 1.54) is 12.1 Å². The number of rotatable bonds is 5. The zero-order valence-electron chi connectivity index (χ0n) is 14.4. The molecule has 0 aliphatic carbocycles. The lowest BCUT2D eigenvalue weighted by atomic mass is 9.93. The maximum atomic E-state index is 12.5. The summed E-state index contributed by atoms with van der Waals surface area (Å²) in [5, 5.41) is 11.0. The summed E-state index contributed by atoms with van der Waals surface area (Å²) in [5.41, 5.74) is 0.829. The minimum Gasteiger partial charge on any atom is -0.462 e. The van der Waals surface area contributed by atoms with Crippen molar-refractivity contribution < 1.29 is 19.2 Å². The first-order valence-corrected chi connectivity index (χ1v) is 8.06. The van der Waals surface area contributed by atoms with Crippen LogP contribution in [0.4, 0.5) is 11.4 Å². The maximum absolute atomic E-state index is 12.5. The van der Waals surface area contributed by atoms with Gasteiger partial charge in [-0.3, -0.25) is 10.1 Å². The standard InChI is InChI=1S/C17H24N2O5/c1-17(2,3)6-9-24-16(20)14-12-13(19(21)22)4-5-15(14)18-7-10-23-11-8-18/h4-5,12H,6-11H2,1-3H3. The Bertz CT molecular complexity index is 603. The second-order valence-electron chi connectivity index (χ2n) is 7.00. The van der Waals surface area contributed by atoms with Gasteiger partial charge in [0.15, 0.2) is 0 Å². The average Bonchev–Trinajstić information content (AvgIpc) is 2.53. The number of nitro benzene ring substituents is 1. The number of non-ortho nitro benzene ring substituents is 1. The molecule has 0 aromatic heterocycles. The Morgan fingerprint density at radius 1 is 1.33 bits per heavy atom. The zero-order chi connectivity index (χ0) is 17.7. The van der Waals surface area contributed by atoms with E-state index in [-0.39, 0.29) is 23.3 Å². The number of carbonyl (C=O) groups excluding carboxylic acids is 1. The summed E-state index contributed by atoms with van der Waals surface area (Å²) in [6.45, 7) is 8.88. The fraction of sp³-hybridized carbons (Fsp3) is 0.588. The highest BCUT2D eigenvalue weighted by Gasteiger charge is 2.23. The first kappa shape index (κ1) is 18.2. The number of nitrogens with zero attached hydrogens (tertiary/aromatic N) is 2. The van der Waals surface area contributed by atoms with Crippen molar-refractivity contribution in [2.45, 2.75) is 27.2 Å². The van der Waals surface area contributed by atoms with Gasteiger partial charge in [0.2, 0.25) is 0 Å². The molecule has 1 aliphatic heterocycles. The van der Waals surface area contributed by atoms with E-state index in [0.717, 1.165) is 6.42 Å². The van der Waals surface area contributed by atoms with Crippen LogP contribution in [0.1, 0.15) is 37.6 Å². The van der Waals surface area contributed by atoms with Crippen molar-refractivity contribution in [2.24, 2.45) is 5.41 Å². The highest BCUT2D eigenvalue weighted by molar-refractivity contribution is 5.96. The number of anilines is 1. The molecule has 7 heteroatoms. The highest BCUT2D eigenvalue weighted by atomic mass is 16.6. The predicted octanol–water partition coefficient (Wildman–Crippen LogP) is 3.02. The molecule has 0 saturated carbocycles. The zero-order valence-corrected chi connectivity index (χ0v) is 14.4. The molecule has 0 bridgehead atoms. The third-order valence-corrected chi connectivity index (χ3v) is 3.85. The second kappa shape index (κ2) is 7.61. The van der Waals surface area contributed by atoms with Gasteiger partial charge in [-0.15, -0.1) is 0 Å². The third-order valence-electron chi connectivity index (χ3n) is 3.85. The molecule has 1 heterocycles. The number of benzene rings is 1. The molecule has 1 aromatic carbocycles. The van der Waals surface area contributed by atoms with Gasteiger partial charge in [-0.1, -0.05) is 20.8 Å². The van der Waals surface area contributed by atoms with Gasteiger partial charge in [0.1, 0.15) is 0 Å². The molecule has 7 nitrogen and oxygen atoms in total. The molecular formula is C17H24N2O5. The van der Waals surface area contributed by atoms with Crippen LogP contribution in [0.2, 0.25) is 0 Å². The summed E-state index contributed by atoms with van der Waals surface area (Å²) in [6, 6.07) is 4.32. The lowest BCUT2D eigenvalue weighted by Gasteiger charge is -2.30. The first-order chi connectivity index (χ1) is 11.3. The van der Waals surface area contributed by atoms with Gasteiger partial charge >= 0.3 is 5.97 Å². The maximum Gasteiger partial charge on any atom is 0.340 e. The molecule has 0 atom stereocenters. The van der Waals surface area contributed by atoms with E-state index in [1.54, 1.807) is 6.07 Å². The van der Waals surface area contributed by atoms with Crippen LogP contribution < -0.4 is 4.90 Å². The number of esters is 1. The molecule has 1 aliphatic rings. The summed E-state index contributed by atoms with van der Waals surface area (Å²) in [7, 11) is 0. The van der Waals surface area contributed by atoms with Crippen molar-refractivity contribution in [1.82, 2.24) is 0 Å². The number of carbonyl (C=O) groups is 1. The fourth-order valence-corrected chi connectivity index (χ4v) is 2.41. The Balaban J connectivity index is 2.21. The molecule has 0 spiro atoms. The number of morpholine rings is 1. The quantitative estimate of drug-likeness (QED) is 0.467. The monoisotopic (exact) mass is 336 g/mol. The lowest BCUT2D eigenvalue weighted by molar-refractivity contribution is -0.384. The molecular weight excluding hydrogens is 312 g/mol. The van der Waals surface area contributed by atoms with Crippen LogP contribution in [-0.4, -0.2) is 43.8 Å². The average molecular weight is 336 g/mol. The summed E-state index contributed by atoms with van der Waals surface area (Å²) < 4.78 is 10.7. The molecule has 0 unspecified atom stereocenters. The van der Waals surface area contributed by atoms with E-state index in [1.807, 2.05) is 4.90 Å². The van der Waals surface area contributed by atoms with Gasteiger partial charge in [-0.25, -0.2) is 4.79 Å². The van der Waals surface area contributed by atoms with Crippen LogP contribution in [-0.2, 0) is 9.47 Å². The second-order valence-corrected chi connectivity index (χ2v) is 7.00. The molecule has 1 aromatic rings. The molecule has 0 amide bonds. The molecule has 132 valence electrons. The van der Waals surface area contributed by atoms with E-state index in [4.69, 9.17) is 9.47 Å². The molecule has 0 N–H and O–H groups in total.